The number of hydrogen-bond donors (Lipinski definition) is 0. The van der Waals surface area contributed by atoms with E-state index in [9.17, 15) is 0 Å². The van der Waals surface area contributed by atoms with Crippen molar-refractivity contribution in [1.82, 2.24) is 9.55 Å². The predicted octanol–water partition coefficient (Wildman–Crippen LogP) is 5.17. The fraction of sp³-hybridized carbons (Fsp3) is 0.188. The van der Waals surface area contributed by atoms with E-state index < -0.39 is 0 Å². The molecule has 3 rings (SSSR count). The highest BCUT2D eigenvalue weighted by Crippen LogP contribution is 2.26. The molecule has 0 aliphatic rings. The summed E-state index contributed by atoms with van der Waals surface area (Å²) < 4.78 is 2.13. The van der Waals surface area contributed by atoms with Crippen LogP contribution in [0.2, 0.25) is 10.0 Å². The van der Waals surface area contributed by atoms with Gasteiger partial charge in [0.2, 0.25) is 0 Å². The second-order valence-corrected chi connectivity index (χ2v) is 5.94. The van der Waals surface area contributed by atoms with Gasteiger partial charge < -0.3 is 4.57 Å². The predicted molar refractivity (Wildman–Crippen MR) is 89.7 cm³/mol. The van der Waals surface area contributed by atoms with Gasteiger partial charge in [-0.15, -0.1) is 11.6 Å². The molecule has 21 heavy (non-hydrogen) atoms. The molecule has 0 saturated carbocycles. The molecule has 0 atom stereocenters. The molecular weight excluding hydrogens is 327 g/mol. The maximum absolute atomic E-state index is 6.27. The van der Waals surface area contributed by atoms with Crippen molar-refractivity contribution < 1.29 is 0 Å². The van der Waals surface area contributed by atoms with Gasteiger partial charge in [0.15, 0.2) is 0 Å². The minimum absolute atomic E-state index is 0.517. The third-order valence-electron chi connectivity index (χ3n) is 3.41. The van der Waals surface area contributed by atoms with Crippen LogP contribution in [-0.4, -0.2) is 15.4 Å². The lowest BCUT2D eigenvalue weighted by molar-refractivity contribution is 0.755. The maximum Gasteiger partial charge on any atom is 0.111 e. The van der Waals surface area contributed by atoms with Crippen molar-refractivity contribution in [2.45, 2.75) is 13.0 Å². The van der Waals surface area contributed by atoms with Crippen LogP contribution in [0.3, 0.4) is 0 Å². The average molecular weight is 340 g/mol. The summed E-state index contributed by atoms with van der Waals surface area (Å²) in [5, 5.41) is 1.40. The molecule has 1 aromatic heterocycles. The zero-order chi connectivity index (χ0) is 14.8. The molecule has 0 bridgehead atoms. The van der Waals surface area contributed by atoms with Gasteiger partial charge in [-0.05, 0) is 23.8 Å². The van der Waals surface area contributed by atoms with E-state index in [0.717, 1.165) is 27.4 Å². The number of rotatable bonds is 4. The monoisotopic (exact) mass is 338 g/mol. The molecule has 2 nitrogen and oxygen atoms in total. The van der Waals surface area contributed by atoms with Crippen molar-refractivity contribution in [3.63, 3.8) is 0 Å². The SMILES string of the molecule is ClCCc1nc2c(Cl)cccc2n1Cc1ccccc1Cl. The molecule has 0 unspecified atom stereocenters. The minimum atomic E-state index is 0.517. The highest BCUT2D eigenvalue weighted by atomic mass is 35.5. The lowest BCUT2D eigenvalue weighted by Crippen LogP contribution is -2.06. The molecule has 0 aliphatic carbocycles. The Morgan fingerprint density at radius 3 is 2.48 bits per heavy atom. The summed E-state index contributed by atoms with van der Waals surface area (Å²) in [5.74, 6) is 1.44. The first-order valence-corrected chi connectivity index (χ1v) is 7.92. The van der Waals surface area contributed by atoms with Crippen molar-refractivity contribution in [1.29, 1.82) is 0 Å². The summed E-state index contributed by atoms with van der Waals surface area (Å²) in [6.45, 7) is 0.655. The van der Waals surface area contributed by atoms with E-state index in [4.69, 9.17) is 34.8 Å². The van der Waals surface area contributed by atoms with Gasteiger partial charge in [0.25, 0.3) is 0 Å². The first-order valence-electron chi connectivity index (χ1n) is 6.63. The number of aromatic nitrogens is 2. The Labute approximate surface area is 138 Å². The number of aryl methyl sites for hydroxylation is 1. The third kappa shape index (κ3) is 2.89. The van der Waals surface area contributed by atoms with E-state index in [2.05, 4.69) is 9.55 Å². The molecule has 0 aliphatic heterocycles. The number of nitrogens with zero attached hydrogens (tertiary/aromatic N) is 2. The van der Waals surface area contributed by atoms with Crippen LogP contribution in [0.1, 0.15) is 11.4 Å². The Bertz CT molecular complexity index is 780. The van der Waals surface area contributed by atoms with Crippen LogP contribution in [0.5, 0.6) is 0 Å². The average Bonchev–Trinajstić information content (AvgIpc) is 2.82. The van der Waals surface area contributed by atoms with Crippen LogP contribution >= 0.6 is 34.8 Å². The zero-order valence-electron chi connectivity index (χ0n) is 11.2. The zero-order valence-corrected chi connectivity index (χ0v) is 13.5. The smallest absolute Gasteiger partial charge is 0.111 e. The first-order chi connectivity index (χ1) is 10.2. The summed E-state index contributed by atoms with van der Waals surface area (Å²) >= 11 is 18.4. The molecule has 0 N–H and O–H groups in total. The minimum Gasteiger partial charge on any atom is -0.323 e. The number of imidazole rings is 1. The number of halogens is 3. The Hall–Kier alpha value is -1.22. The molecule has 0 saturated heterocycles. The molecule has 5 heteroatoms. The molecule has 0 spiro atoms. The van der Waals surface area contributed by atoms with Crippen LogP contribution in [0.15, 0.2) is 42.5 Å². The quantitative estimate of drug-likeness (QED) is 0.599. The standard InChI is InChI=1S/C16H13Cl3N2/c17-9-8-15-20-16-13(19)6-3-7-14(16)21(15)10-11-4-1-2-5-12(11)18/h1-7H,8-10H2. The van der Waals surface area contributed by atoms with Gasteiger partial charge in [0.05, 0.1) is 17.1 Å². The van der Waals surface area contributed by atoms with Crippen molar-refractivity contribution in [3.8, 4) is 0 Å². The molecule has 0 fully saturated rings. The highest BCUT2D eigenvalue weighted by Gasteiger charge is 2.13. The largest absolute Gasteiger partial charge is 0.323 e. The molecule has 3 aromatic rings. The van der Waals surface area contributed by atoms with E-state index >= 15 is 0 Å². The van der Waals surface area contributed by atoms with Crippen LogP contribution in [-0.2, 0) is 13.0 Å². The second kappa shape index (κ2) is 6.27. The van der Waals surface area contributed by atoms with Gasteiger partial charge in [0.1, 0.15) is 11.3 Å². The first kappa shape index (κ1) is 14.7. The van der Waals surface area contributed by atoms with E-state index in [1.165, 1.54) is 0 Å². The van der Waals surface area contributed by atoms with Crippen LogP contribution in [0.4, 0.5) is 0 Å². The number of benzene rings is 2. The van der Waals surface area contributed by atoms with E-state index in [0.29, 0.717) is 23.9 Å². The van der Waals surface area contributed by atoms with Gasteiger partial charge in [-0.3, -0.25) is 0 Å². The van der Waals surface area contributed by atoms with Crippen molar-refractivity contribution in [2.24, 2.45) is 0 Å². The van der Waals surface area contributed by atoms with Crippen molar-refractivity contribution in [2.75, 3.05) is 5.88 Å². The van der Waals surface area contributed by atoms with Crippen LogP contribution in [0.25, 0.3) is 11.0 Å². The lowest BCUT2D eigenvalue weighted by Gasteiger charge is -2.10. The van der Waals surface area contributed by atoms with E-state index in [-0.39, 0.29) is 0 Å². The summed E-state index contributed by atoms with van der Waals surface area (Å²) in [5.41, 5.74) is 2.86. The molecule has 0 amide bonds. The molecule has 108 valence electrons. The maximum atomic E-state index is 6.27. The molecule has 0 radical (unpaired) electrons. The summed E-state index contributed by atoms with van der Waals surface area (Å²) in [4.78, 5) is 4.63. The Morgan fingerprint density at radius 1 is 0.952 bits per heavy atom. The summed E-state index contributed by atoms with van der Waals surface area (Å²) in [7, 11) is 0. The Balaban J connectivity index is 2.13. The van der Waals surface area contributed by atoms with Gasteiger partial charge in [0, 0.05) is 17.3 Å². The van der Waals surface area contributed by atoms with Crippen LogP contribution < -0.4 is 0 Å². The Kier molecular flexibility index (Phi) is 4.39. The fourth-order valence-corrected chi connectivity index (χ4v) is 2.99. The summed E-state index contributed by atoms with van der Waals surface area (Å²) in [6.07, 6.45) is 0.691. The van der Waals surface area contributed by atoms with Crippen molar-refractivity contribution in [3.05, 3.63) is 63.9 Å². The fourth-order valence-electron chi connectivity index (χ4n) is 2.41. The summed E-state index contributed by atoms with van der Waals surface area (Å²) in [6, 6.07) is 13.6. The molecule has 1 heterocycles. The van der Waals surface area contributed by atoms with Crippen molar-refractivity contribution >= 4 is 45.8 Å². The van der Waals surface area contributed by atoms with Gasteiger partial charge in [-0.25, -0.2) is 4.98 Å². The van der Waals surface area contributed by atoms with Crippen LogP contribution in [0, 0.1) is 0 Å². The van der Waals surface area contributed by atoms with Gasteiger partial charge >= 0.3 is 0 Å². The van der Waals surface area contributed by atoms with E-state index in [1.54, 1.807) is 0 Å². The normalized spacial score (nSPS) is 11.2. The topological polar surface area (TPSA) is 17.8 Å². The lowest BCUT2D eigenvalue weighted by atomic mass is 10.2. The third-order valence-corrected chi connectivity index (χ3v) is 4.28. The van der Waals surface area contributed by atoms with E-state index in [1.807, 2.05) is 42.5 Å². The number of fused-ring (bicyclic) bond motifs is 1. The number of para-hydroxylation sites is 1. The number of hydrogen-bond acceptors (Lipinski definition) is 1. The van der Waals surface area contributed by atoms with Gasteiger partial charge in [-0.1, -0.05) is 47.5 Å². The molecule has 2 aromatic carbocycles. The number of alkyl halides is 1. The Morgan fingerprint density at radius 2 is 1.71 bits per heavy atom. The van der Waals surface area contributed by atoms with Gasteiger partial charge in [-0.2, -0.15) is 0 Å². The molecular formula is C16H13Cl3N2. The second-order valence-electron chi connectivity index (χ2n) is 4.75. The highest BCUT2D eigenvalue weighted by molar-refractivity contribution is 6.35.